The molecule has 1 amide bonds. The topological polar surface area (TPSA) is 84.5 Å². The lowest BCUT2D eigenvalue weighted by atomic mass is 10.1. The van der Waals surface area contributed by atoms with Gasteiger partial charge in [-0.1, -0.05) is 0 Å². The molecule has 0 saturated carbocycles. The van der Waals surface area contributed by atoms with Crippen molar-refractivity contribution in [2.45, 2.75) is 31.2 Å². The van der Waals surface area contributed by atoms with Crippen LogP contribution in [0.1, 0.15) is 31.1 Å². The van der Waals surface area contributed by atoms with E-state index in [2.05, 4.69) is 10.0 Å². The van der Waals surface area contributed by atoms with Crippen LogP contribution in [0.25, 0.3) is 0 Å². The quantitative estimate of drug-likeness (QED) is 0.809. The molecule has 0 unspecified atom stereocenters. The molecular weight excluding hydrogens is 378 g/mol. The van der Waals surface area contributed by atoms with Crippen molar-refractivity contribution in [1.29, 1.82) is 0 Å². The maximum absolute atomic E-state index is 13.7. The Morgan fingerprint density at radius 1 is 1.07 bits per heavy atom. The third-order valence-corrected chi connectivity index (χ3v) is 5.11. The number of halogens is 2. The second kappa shape index (κ2) is 7.61. The van der Waals surface area contributed by atoms with E-state index in [1.54, 1.807) is 20.8 Å². The molecular formula is C18H20F2N2O4S. The van der Waals surface area contributed by atoms with Crippen LogP contribution in [0.2, 0.25) is 0 Å². The molecule has 0 saturated heterocycles. The Morgan fingerprint density at radius 2 is 1.74 bits per heavy atom. The first-order valence-corrected chi connectivity index (χ1v) is 9.40. The molecule has 9 heteroatoms. The fraction of sp³-hybridized carbons (Fsp3) is 0.278. The minimum atomic E-state index is -3.99. The van der Waals surface area contributed by atoms with Crippen LogP contribution in [0, 0.1) is 11.6 Å². The standard InChI is InChI=1S/C18H20F2N2O4S/c1-18(2,3)22-27(24,25)16-9-11(5-8-15(16)26-4)17(23)21-14-10-12(19)6-7-13(14)20/h5-10,22H,1-4H3,(H,21,23). The average molecular weight is 398 g/mol. The van der Waals surface area contributed by atoms with Gasteiger partial charge in [-0.3, -0.25) is 4.79 Å². The Kier molecular flexibility index (Phi) is 5.86. The number of hydrogen-bond acceptors (Lipinski definition) is 4. The van der Waals surface area contributed by atoms with E-state index in [-0.39, 0.29) is 21.9 Å². The van der Waals surface area contributed by atoms with Gasteiger partial charge in [-0.2, -0.15) is 0 Å². The Morgan fingerprint density at radius 3 is 2.33 bits per heavy atom. The van der Waals surface area contributed by atoms with Gasteiger partial charge in [0, 0.05) is 17.2 Å². The number of nitrogens with one attached hydrogen (secondary N) is 2. The molecule has 2 aromatic carbocycles. The summed E-state index contributed by atoms with van der Waals surface area (Å²) in [5.41, 5.74) is -1.17. The summed E-state index contributed by atoms with van der Waals surface area (Å²) in [6.07, 6.45) is 0. The van der Waals surface area contributed by atoms with Gasteiger partial charge >= 0.3 is 0 Å². The highest BCUT2D eigenvalue weighted by Gasteiger charge is 2.26. The normalized spacial score (nSPS) is 11.9. The maximum Gasteiger partial charge on any atom is 0.255 e. The predicted octanol–water partition coefficient (Wildman–Crippen LogP) is 3.30. The smallest absolute Gasteiger partial charge is 0.255 e. The lowest BCUT2D eigenvalue weighted by Crippen LogP contribution is -2.40. The molecule has 146 valence electrons. The van der Waals surface area contributed by atoms with Crippen molar-refractivity contribution in [2.24, 2.45) is 0 Å². The van der Waals surface area contributed by atoms with Gasteiger partial charge in [0.05, 0.1) is 12.8 Å². The van der Waals surface area contributed by atoms with Crippen LogP contribution in [0.15, 0.2) is 41.3 Å². The van der Waals surface area contributed by atoms with Gasteiger partial charge in [0.1, 0.15) is 22.3 Å². The summed E-state index contributed by atoms with van der Waals surface area (Å²) in [5.74, 6) is -2.30. The molecule has 0 atom stereocenters. The monoisotopic (exact) mass is 398 g/mol. The van der Waals surface area contributed by atoms with E-state index in [0.29, 0.717) is 0 Å². The van der Waals surface area contributed by atoms with E-state index in [0.717, 1.165) is 24.3 Å². The van der Waals surface area contributed by atoms with E-state index in [1.807, 2.05) is 0 Å². The number of carbonyl (C=O) groups excluding carboxylic acids is 1. The number of hydrogen-bond donors (Lipinski definition) is 2. The summed E-state index contributed by atoms with van der Waals surface area (Å²) in [4.78, 5) is 12.1. The number of ether oxygens (including phenoxy) is 1. The van der Waals surface area contributed by atoms with Crippen molar-refractivity contribution >= 4 is 21.6 Å². The summed E-state index contributed by atoms with van der Waals surface area (Å²) in [5, 5.41) is 2.22. The van der Waals surface area contributed by atoms with Crippen LogP contribution in [0.4, 0.5) is 14.5 Å². The molecule has 0 heterocycles. The minimum Gasteiger partial charge on any atom is -0.495 e. The minimum absolute atomic E-state index is 0.0419. The lowest BCUT2D eigenvalue weighted by molar-refractivity contribution is 0.102. The molecule has 0 aromatic heterocycles. The van der Waals surface area contributed by atoms with E-state index < -0.39 is 33.1 Å². The summed E-state index contributed by atoms with van der Waals surface area (Å²) >= 11 is 0. The van der Waals surface area contributed by atoms with Gasteiger partial charge in [0.15, 0.2) is 0 Å². The third-order valence-electron chi connectivity index (χ3n) is 3.33. The van der Waals surface area contributed by atoms with Gasteiger partial charge in [-0.25, -0.2) is 21.9 Å². The number of amides is 1. The summed E-state index contributed by atoms with van der Waals surface area (Å²) in [7, 11) is -2.69. The second-order valence-corrected chi connectivity index (χ2v) is 8.45. The zero-order chi connectivity index (χ0) is 20.4. The van der Waals surface area contributed by atoms with Crippen LogP contribution in [0.3, 0.4) is 0 Å². The van der Waals surface area contributed by atoms with Gasteiger partial charge in [-0.05, 0) is 51.1 Å². The van der Waals surface area contributed by atoms with E-state index in [1.165, 1.54) is 19.2 Å². The van der Waals surface area contributed by atoms with Crippen molar-refractivity contribution in [3.05, 3.63) is 53.6 Å². The van der Waals surface area contributed by atoms with Crippen LogP contribution in [0.5, 0.6) is 5.75 Å². The fourth-order valence-corrected chi connectivity index (χ4v) is 3.89. The van der Waals surface area contributed by atoms with Crippen molar-refractivity contribution in [3.8, 4) is 5.75 Å². The van der Waals surface area contributed by atoms with Gasteiger partial charge in [0.2, 0.25) is 10.0 Å². The zero-order valence-corrected chi connectivity index (χ0v) is 16.1. The van der Waals surface area contributed by atoms with Crippen molar-refractivity contribution < 1.29 is 26.7 Å². The maximum atomic E-state index is 13.7. The highest BCUT2D eigenvalue weighted by atomic mass is 32.2. The first kappa shape index (κ1) is 20.8. The first-order chi connectivity index (χ1) is 12.4. The zero-order valence-electron chi connectivity index (χ0n) is 15.3. The molecule has 0 aliphatic rings. The number of benzene rings is 2. The molecule has 0 aliphatic heterocycles. The van der Waals surface area contributed by atoms with Crippen molar-refractivity contribution in [1.82, 2.24) is 4.72 Å². The molecule has 0 fully saturated rings. The van der Waals surface area contributed by atoms with Crippen LogP contribution in [-0.2, 0) is 10.0 Å². The van der Waals surface area contributed by atoms with Crippen LogP contribution in [-0.4, -0.2) is 27.0 Å². The number of sulfonamides is 1. The van der Waals surface area contributed by atoms with Crippen LogP contribution < -0.4 is 14.8 Å². The first-order valence-electron chi connectivity index (χ1n) is 7.91. The molecule has 2 aromatic rings. The molecule has 2 N–H and O–H groups in total. The number of anilines is 1. The molecule has 6 nitrogen and oxygen atoms in total. The average Bonchev–Trinajstić information content (AvgIpc) is 2.55. The molecule has 0 spiro atoms. The molecule has 27 heavy (non-hydrogen) atoms. The van der Waals surface area contributed by atoms with Gasteiger partial charge in [0.25, 0.3) is 5.91 Å². The number of carbonyl (C=O) groups is 1. The van der Waals surface area contributed by atoms with E-state index in [9.17, 15) is 22.0 Å². The van der Waals surface area contributed by atoms with Gasteiger partial charge in [-0.15, -0.1) is 0 Å². The Hall–Kier alpha value is -2.52. The predicted molar refractivity (Wildman–Crippen MR) is 97.4 cm³/mol. The van der Waals surface area contributed by atoms with Crippen LogP contribution >= 0.6 is 0 Å². The molecule has 2 rings (SSSR count). The fourth-order valence-electron chi connectivity index (χ4n) is 2.27. The SMILES string of the molecule is COc1ccc(C(=O)Nc2cc(F)ccc2F)cc1S(=O)(=O)NC(C)(C)C. The Labute approximate surface area is 156 Å². The molecule has 0 radical (unpaired) electrons. The number of methoxy groups -OCH3 is 1. The third kappa shape index (κ3) is 5.24. The summed E-state index contributed by atoms with van der Waals surface area (Å²) in [6, 6.07) is 6.37. The van der Waals surface area contributed by atoms with Crippen molar-refractivity contribution in [3.63, 3.8) is 0 Å². The van der Waals surface area contributed by atoms with E-state index in [4.69, 9.17) is 4.74 Å². The number of rotatable bonds is 5. The van der Waals surface area contributed by atoms with Gasteiger partial charge < -0.3 is 10.1 Å². The van der Waals surface area contributed by atoms with Crippen molar-refractivity contribution in [2.75, 3.05) is 12.4 Å². The molecule has 0 bridgehead atoms. The lowest BCUT2D eigenvalue weighted by Gasteiger charge is -2.21. The summed E-state index contributed by atoms with van der Waals surface area (Å²) < 4.78 is 59.8. The second-order valence-electron chi connectivity index (χ2n) is 6.80. The molecule has 0 aliphatic carbocycles. The largest absolute Gasteiger partial charge is 0.495 e. The summed E-state index contributed by atoms with van der Waals surface area (Å²) in [6.45, 7) is 5.00. The highest BCUT2D eigenvalue weighted by molar-refractivity contribution is 7.89. The highest BCUT2D eigenvalue weighted by Crippen LogP contribution is 2.27. The Balaban J connectivity index is 2.41. The van der Waals surface area contributed by atoms with E-state index >= 15 is 0 Å². The Bertz CT molecular complexity index is 970.